The molecule has 4 rings (SSSR count). The first-order chi connectivity index (χ1) is 10.7. The summed E-state index contributed by atoms with van der Waals surface area (Å²) < 4.78 is 11.2. The van der Waals surface area contributed by atoms with Gasteiger partial charge in [0.1, 0.15) is 0 Å². The lowest BCUT2D eigenvalue weighted by Gasteiger charge is -2.06. The van der Waals surface area contributed by atoms with Crippen LogP contribution in [0.2, 0.25) is 0 Å². The highest BCUT2D eigenvalue weighted by atomic mass is 16.5. The van der Waals surface area contributed by atoms with Gasteiger partial charge in [-0.1, -0.05) is 0 Å². The number of amides is 1. The summed E-state index contributed by atoms with van der Waals surface area (Å²) in [6.45, 7) is 1.17. The first kappa shape index (κ1) is 13.1. The molecule has 1 aromatic carbocycles. The van der Waals surface area contributed by atoms with Crippen LogP contribution in [-0.4, -0.2) is 29.2 Å². The predicted molar refractivity (Wildman–Crippen MR) is 77.8 cm³/mol. The summed E-state index contributed by atoms with van der Waals surface area (Å²) in [5, 5.41) is 18.3. The van der Waals surface area contributed by atoms with Crippen LogP contribution in [-0.2, 0) is 4.79 Å². The SMILES string of the molecule is O=C(N=Nc1c(O)[nH]c2cc3c(cc12)OCCCO3)C1CC1. The van der Waals surface area contributed by atoms with Crippen LogP contribution in [0.15, 0.2) is 22.4 Å². The maximum absolute atomic E-state index is 11.6. The van der Waals surface area contributed by atoms with Gasteiger partial charge in [-0.15, -0.1) is 10.2 Å². The number of nitrogens with zero attached hydrogens (tertiary/aromatic N) is 2. The van der Waals surface area contributed by atoms with Crippen molar-refractivity contribution < 1.29 is 19.4 Å². The minimum absolute atomic E-state index is 0.00380. The molecule has 0 bridgehead atoms. The first-order valence-electron chi connectivity index (χ1n) is 7.32. The van der Waals surface area contributed by atoms with Gasteiger partial charge in [-0.25, -0.2) is 0 Å². The monoisotopic (exact) mass is 301 g/mol. The highest BCUT2D eigenvalue weighted by Gasteiger charge is 2.29. The van der Waals surface area contributed by atoms with E-state index in [4.69, 9.17) is 9.47 Å². The molecule has 1 aliphatic heterocycles. The highest BCUT2D eigenvalue weighted by molar-refractivity contribution is 5.96. The normalized spacial score (nSPS) is 17.8. The molecule has 114 valence electrons. The van der Waals surface area contributed by atoms with Crippen molar-refractivity contribution in [2.75, 3.05) is 13.2 Å². The zero-order valence-corrected chi connectivity index (χ0v) is 11.8. The molecule has 7 nitrogen and oxygen atoms in total. The predicted octanol–water partition coefficient (Wildman–Crippen LogP) is 3.06. The lowest BCUT2D eigenvalue weighted by molar-refractivity contribution is -0.119. The third-order valence-electron chi connectivity index (χ3n) is 3.80. The molecule has 22 heavy (non-hydrogen) atoms. The topological polar surface area (TPSA) is 96.3 Å². The second-order valence-corrected chi connectivity index (χ2v) is 5.53. The number of aromatic hydroxyl groups is 1. The molecule has 1 amide bonds. The number of H-pyrrole nitrogens is 1. The van der Waals surface area contributed by atoms with Crippen LogP contribution >= 0.6 is 0 Å². The van der Waals surface area contributed by atoms with Crippen molar-refractivity contribution in [3.05, 3.63) is 12.1 Å². The van der Waals surface area contributed by atoms with Gasteiger partial charge in [0.15, 0.2) is 17.2 Å². The van der Waals surface area contributed by atoms with Gasteiger partial charge in [0.2, 0.25) is 5.88 Å². The van der Waals surface area contributed by atoms with Crippen LogP contribution in [0.25, 0.3) is 10.9 Å². The Morgan fingerprint density at radius 1 is 1.23 bits per heavy atom. The Bertz CT molecular complexity index is 777. The number of nitrogens with one attached hydrogen (secondary N) is 1. The molecule has 2 aromatic rings. The van der Waals surface area contributed by atoms with Gasteiger partial charge in [0.25, 0.3) is 5.91 Å². The molecule has 1 aromatic heterocycles. The number of aromatic nitrogens is 1. The van der Waals surface area contributed by atoms with E-state index < -0.39 is 0 Å². The largest absolute Gasteiger partial charge is 0.493 e. The third kappa shape index (κ3) is 2.28. The second-order valence-electron chi connectivity index (χ2n) is 5.53. The van der Waals surface area contributed by atoms with E-state index in [1.54, 1.807) is 12.1 Å². The lowest BCUT2D eigenvalue weighted by Crippen LogP contribution is -1.97. The van der Waals surface area contributed by atoms with Gasteiger partial charge in [0, 0.05) is 23.8 Å². The minimum atomic E-state index is -0.233. The molecular formula is C15H15N3O4. The van der Waals surface area contributed by atoms with Crippen molar-refractivity contribution in [3.63, 3.8) is 0 Å². The number of rotatable bonds is 2. The van der Waals surface area contributed by atoms with Crippen molar-refractivity contribution in [3.8, 4) is 17.4 Å². The summed E-state index contributed by atoms with van der Waals surface area (Å²) in [5.74, 6) is 0.882. The van der Waals surface area contributed by atoms with Crippen LogP contribution in [0.4, 0.5) is 5.69 Å². The standard InChI is InChI=1S/C15H15N3O4/c19-14(8-2-3-8)18-17-13-9-6-11-12(22-5-1-4-21-11)7-10(9)16-15(13)20/h6-8,16,20H,1-5H2. The zero-order valence-electron chi connectivity index (χ0n) is 11.8. The molecule has 1 fully saturated rings. The molecule has 1 saturated carbocycles. The van der Waals surface area contributed by atoms with Gasteiger partial charge in [-0.3, -0.25) is 4.79 Å². The summed E-state index contributed by atoms with van der Waals surface area (Å²) in [6, 6.07) is 3.51. The number of aromatic amines is 1. The average molecular weight is 301 g/mol. The number of hydrogen-bond donors (Lipinski definition) is 2. The van der Waals surface area contributed by atoms with Gasteiger partial charge in [0.05, 0.1) is 18.7 Å². The first-order valence-corrected chi connectivity index (χ1v) is 7.32. The van der Waals surface area contributed by atoms with Gasteiger partial charge < -0.3 is 19.6 Å². The van der Waals surface area contributed by atoms with E-state index in [9.17, 15) is 9.90 Å². The fourth-order valence-electron chi connectivity index (χ4n) is 2.43. The van der Waals surface area contributed by atoms with E-state index in [0.717, 1.165) is 19.3 Å². The summed E-state index contributed by atoms with van der Waals surface area (Å²) >= 11 is 0. The molecule has 0 unspecified atom stereocenters. The summed E-state index contributed by atoms with van der Waals surface area (Å²) in [4.78, 5) is 14.5. The van der Waals surface area contributed by atoms with E-state index >= 15 is 0 Å². The van der Waals surface area contributed by atoms with Crippen molar-refractivity contribution in [1.29, 1.82) is 0 Å². The lowest BCUT2D eigenvalue weighted by atomic mass is 10.2. The Hall–Kier alpha value is -2.57. The minimum Gasteiger partial charge on any atom is -0.493 e. The molecule has 2 N–H and O–H groups in total. The molecule has 2 aliphatic rings. The fraction of sp³-hybridized carbons (Fsp3) is 0.400. The van der Waals surface area contributed by atoms with Crippen molar-refractivity contribution in [1.82, 2.24) is 4.98 Å². The maximum atomic E-state index is 11.6. The number of carbonyl (C=O) groups is 1. The average Bonchev–Trinajstić information content (AvgIpc) is 3.30. The van der Waals surface area contributed by atoms with Crippen molar-refractivity contribution in [2.45, 2.75) is 19.3 Å². The van der Waals surface area contributed by atoms with Crippen LogP contribution in [0.3, 0.4) is 0 Å². The Labute approximate surface area is 125 Å². The molecule has 0 saturated heterocycles. The van der Waals surface area contributed by atoms with E-state index in [1.165, 1.54) is 0 Å². The van der Waals surface area contributed by atoms with Gasteiger partial charge >= 0.3 is 0 Å². The molecule has 0 atom stereocenters. The molecule has 7 heteroatoms. The number of carbonyl (C=O) groups excluding carboxylic acids is 1. The van der Waals surface area contributed by atoms with Crippen LogP contribution in [0, 0.1) is 5.92 Å². The number of hydrogen-bond acceptors (Lipinski definition) is 5. The second kappa shape index (κ2) is 5.01. The third-order valence-corrected chi connectivity index (χ3v) is 3.80. The van der Waals surface area contributed by atoms with Crippen molar-refractivity contribution >= 4 is 22.5 Å². The van der Waals surface area contributed by atoms with E-state index in [1.807, 2.05) is 0 Å². The summed E-state index contributed by atoms with van der Waals surface area (Å²) in [5.41, 5.74) is 0.911. The van der Waals surface area contributed by atoms with E-state index in [2.05, 4.69) is 15.2 Å². The van der Waals surface area contributed by atoms with Crippen molar-refractivity contribution in [2.24, 2.45) is 16.1 Å². The van der Waals surface area contributed by atoms with E-state index in [0.29, 0.717) is 35.6 Å². The molecule has 1 aliphatic carbocycles. The summed E-state index contributed by atoms with van der Waals surface area (Å²) in [6.07, 6.45) is 2.56. The van der Waals surface area contributed by atoms with E-state index in [-0.39, 0.29) is 23.4 Å². The number of benzene rings is 1. The van der Waals surface area contributed by atoms with Crippen LogP contribution in [0.5, 0.6) is 17.4 Å². The molecule has 2 heterocycles. The number of azo groups is 1. The van der Waals surface area contributed by atoms with Gasteiger partial charge in [-0.2, -0.15) is 0 Å². The number of fused-ring (bicyclic) bond motifs is 2. The Kier molecular flexibility index (Phi) is 2.99. The molecular weight excluding hydrogens is 286 g/mol. The zero-order chi connectivity index (χ0) is 15.1. The smallest absolute Gasteiger partial charge is 0.267 e. The molecule has 0 radical (unpaired) electrons. The number of ether oxygens (including phenoxy) is 2. The maximum Gasteiger partial charge on any atom is 0.267 e. The molecule has 0 spiro atoms. The Balaban J connectivity index is 1.75. The summed E-state index contributed by atoms with van der Waals surface area (Å²) in [7, 11) is 0. The van der Waals surface area contributed by atoms with Crippen LogP contribution in [0.1, 0.15) is 19.3 Å². The Morgan fingerprint density at radius 3 is 2.68 bits per heavy atom. The van der Waals surface area contributed by atoms with Gasteiger partial charge in [-0.05, 0) is 18.9 Å². The Morgan fingerprint density at radius 2 is 1.95 bits per heavy atom. The fourth-order valence-corrected chi connectivity index (χ4v) is 2.43. The van der Waals surface area contributed by atoms with Crippen LogP contribution < -0.4 is 9.47 Å². The quantitative estimate of drug-likeness (QED) is 0.833. The highest BCUT2D eigenvalue weighted by Crippen LogP contribution is 2.42.